The van der Waals surface area contributed by atoms with E-state index in [1.165, 1.54) is 16.2 Å². The summed E-state index contributed by atoms with van der Waals surface area (Å²) < 4.78 is 0. The average molecular weight is 284 g/mol. The van der Waals surface area contributed by atoms with E-state index >= 15 is 0 Å². The molecule has 0 aromatic carbocycles. The normalized spacial score (nSPS) is 11.9. The van der Waals surface area contributed by atoms with Crippen LogP contribution >= 0.6 is 11.3 Å². The molecule has 6 heteroatoms. The van der Waals surface area contributed by atoms with Crippen LogP contribution in [0.25, 0.3) is 0 Å². The highest BCUT2D eigenvalue weighted by Gasteiger charge is 2.17. The van der Waals surface area contributed by atoms with Gasteiger partial charge in [0.1, 0.15) is 0 Å². The molecule has 0 bridgehead atoms. The van der Waals surface area contributed by atoms with Gasteiger partial charge in [-0.05, 0) is 24.3 Å². The van der Waals surface area contributed by atoms with Gasteiger partial charge < -0.3 is 15.3 Å². The number of aliphatic hydroxyl groups excluding tert-OH is 1. The standard InChI is InChI=1S/C13H20N2O3S/c1-3-10(6-7-16)14-12(17)9-15(2)13(18)11-5-4-8-19-11/h4-5,8,10,16H,3,6-7,9H2,1-2H3,(H,14,17). The largest absolute Gasteiger partial charge is 0.396 e. The molecular weight excluding hydrogens is 264 g/mol. The fourth-order valence-electron chi connectivity index (χ4n) is 1.68. The summed E-state index contributed by atoms with van der Waals surface area (Å²) in [6.45, 7) is 2.02. The fourth-order valence-corrected chi connectivity index (χ4v) is 2.40. The molecule has 1 aromatic rings. The maximum atomic E-state index is 11.9. The number of amides is 2. The van der Waals surface area contributed by atoms with Gasteiger partial charge in [-0.15, -0.1) is 11.3 Å². The number of hydrogen-bond acceptors (Lipinski definition) is 4. The third-order valence-corrected chi connectivity index (χ3v) is 3.65. The molecule has 2 N–H and O–H groups in total. The highest BCUT2D eigenvalue weighted by atomic mass is 32.1. The molecule has 0 radical (unpaired) electrons. The van der Waals surface area contributed by atoms with Crippen LogP contribution < -0.4 is 5.32 Å². The Morgan fingerprint density at radius 3 is 2.79 bits per heavy atom. The molecule has 0 aliphatic heterocycles. The average Bonchev–Trinajstić information content (AvgIpc) is 2.90. The van der Waals surface area contributed by atoms with E-state index in [4.69, 9.17) is 5.11 Å². The van der Waals surface area contributed by atoms with Gasteiger partial charge in [-0.3, -0.25) is 9.59 Å². The van der Waals surface area contributed by atoms with Crippen LogP contribution in [0.3, 0.4) is 0 Å². The lowest BCUT2D eigenvalue weighted by Crippen LogP contribution is -2.42. The van der Waals surface area contributed by atoms with Crippen LogP contribution in [0.1, 0.15) is 29.4 Å². The lowest BCUT2D eigenvalue weighted by molar-refractivity contribution is -0.122. The lowest BCUT2D eigenvalue weighted by atomic mass is 10.1. The van der Waals surface area contributed by atoms with Gasteiger partial charge in [-0.1, -0.05) is 13.0 Å². The molecule has 1 unspecified atom stereocenters. The van der Waals surface area contributed by atoms with Crippen molar-refractivity contribution >= 4 is 23.2 Å². The first kappa shape index (κ1) is 15.7. The minimum absolute atomic E-state index is 0.0265. The Morgan fingerprint density at radius 1 is 1.53 bits per heavy atom. The van der Waals surface area contributed by atoms with Crippen molar-refractivity contribution in [3.63, 3.8) is 0 Å². The molecule has 1 heterocycles. The number of carbonyl (C=O) groups is 2. The number of likely N-dealkylation sites (N-methyl/N-ethyl adjacent to an activating group) is 1. The number of aliphatic hydroxyl groups is 1. The molecule has 0 saturated heterocycles. The fraction of sp³-hybridized carbons (Fsp3) is 0.538. The van der Waals surface area contributed by atoms with Gasteiger partial charge in [0.2, 0.25) is 5.91 Å². The number of nitrogens with one attached hydrogen (secondary N) is 1. The third-order valence-electron chi connectivity index (χ3n) is 2.79. The molecule has 0 spiro atoms. The predicted molar refractivity (Wildman–Crippen MR) is 75.2 cm³/mol. The molecule has 2 amide bonds. The van der Waals surface area contributed by atoms with Gasteiger partial charge in [0.05, 0.1) is 11.4 Å². The second kappa shape index (κ2) is 7.91. The first-order chi connectivity index (χ1) is 9.08. The summed E-state index contributed by atoms with van der Waals surface area (Å²) in [6, 6.07) is 3.50. The molecule has 5 nitrogen and oxygen atoms in total. The van der Waals surface area contributed by atoms with Crippen molar-refractivity contribution in [2.75, 3.05) is 20.2 Å². The number of carbonyl (C=O) groups excluding carboxylic acids is 2. The Hall–Kier alpha value is -1.40. The summed E-state index contributed by atoms with van der Waals surface area (Å²) in [5.74, 6) is -0.354. The zero-order valence-corrected chi connectivity index (χ0v) is 12.1. The molecule has 1 rings (SSSR count). The summed E-state index contributed by atoms with van der Waals surface area (Å²) in [4.78, 5) is 25.7. The van der Waals surface area contributed by atoms with Gasteiger partial charge in [-0.25, -0.2) is 0 Å². The Labute approximate surface area is 117 Å². The minimum Gasteiger partial charge on any atom is -0.396 e. The molecule has 0 aliphatic rings. The van der Waals surface area contributed by atoms with E-state index in [9.17, 15) is 9.59 Å². The molecular formula is C13H20N2O3S. The highest BCUT2D eigenvalue weighted by Crippen LogP contribution is 2.10. The van der Waals surface area contributed by atoms with E-state index in [0.29, 0.717) is 11.3 Å². The summed E-state index contributed by atoms with van der Waals surface area (Å²) in [5.41, 5.74) is 0. The van der Waals surface area contributed by atoms with Crippen molar-refractivity contribution in [2.45, 2.75) is 25.8 Å². The van der Waals surface area contributed by atoms with Crippen molar-refractivity contribution in [2.24, 2.45) is 0 Å². The van der Waals surface area contributed by atoms with E-state index in [1.54, 1.807) is 19.2 Å². The van der Waals surface area contributed by atoms with E-state index in [2.05, 4.69) is 5.32 Å². The van der Waals surface area contributed by atoms with Crippen LogP contribution in [0.4, 0.5) is 0 Å². The molecule has 19 heavy (non-hydrogen) atoms. The van der Waals surface area contributed by atoms with Crippen LogP contribution in [0.15, 0.2) is 17.5 Å². The summed E-state index contributed by atoms with van der Waals surface area (Å²) >= 11 is 1.36. The Kier molecular flexibility index (Phi) is 6.52. The van der Waals surface area contributed by atoms with Crippen molar-refractivity contribution in [1.29, 1.82) is 0 Å². The van der Waals surface area contributed by atoms with Crippen molar-refractivity contribution in [1.82, 2.24) is 10.2 Å². The first-order valence-electron chi connectivity index (χ1n) is 6.27. The number of thiophene rings is 1. The number of rotatable bonds is 7. The zero-order valence-electron chi connectivity index (χ0n) is 11.3. The quantitative estimate of drug-likeness (QED) is 0.787. The molecule has 0 saturated carbocycles. The van der Waals surface area contributed by atoms with E-state index in [1.807, 2.05) is 12.3 Å². The summed E-state index contributed by atoms with van der Waals surface area (Å²) in [5, 5.41) is 13.5. The van der Waals surface area contributed by atoms with Crippen LogP contribution in [0.2, 0.25) is 0 Å². The maximum absolute atomic E-state index is 11.9. The highest BCUT2D eigenvalue weighted by molar-refractivity contribution is 7.12. The van der Waals surface area contributed by atoms with Crippen molar-refractivity contribution in [3.05, 3.63) is 22.4 Å². The van der Waals surface area contributed by atoms with Crippen LogP contribution in [0.5, 0.6) is 0 Å². The van der Waals surface area contributed by atoms with E-state index in [0.717, 1.165) is 6.42 Å². The van der Waals surface area contributed by atoms with Crippen LogP contribution in [-0.2, 0) is 4.79 Å². The number of nitrogens with zero attached hydrogens (tertiary/aromatic N) is 1. The zero-order chi connectivity index (χ0) is 14.3. The van der Waals surface area contributed by atoms with Gasteiger partial charge in [0.15, 0.2) is 0 Å². The summed E-state index contributed by atoms with van der Waals surface area (Å²) in [7, 11) is 1.61. The maximum Gasteiger partial charge on any atom is 0.264 e. The SMILES string of the molecule is CCC(CCO)NC(=O)CN(C)C(=O)c1cccs1. The van der Waals surface area contributed by atoms with Gasteiger partial charge in [0, 0.05) is 19.7 Å². The monoisotopic (exact) mass is 284 g/mol. The molecule has 1 atom stereocenters. The predicted octanol–water partition coefficient (Wildman–Crippen LogP) is 1.10. The topological polar surface area (TPSA) is 69.6 Å². The van der Waals surface area contributed by atoms with Gasteiger partial charge in [-0.2, -0.15) is 0 Å². The van der Waals surface area contributed by atoms with Crippen LogP contribution in [-0.4, -0.2) is 48.1 Å². The second-order valence-electron chi connectivity index (χ2n) is 4.32. The Morgan fingerprint density at radius 2 is 2.26 bits per heavy atom. The molecule has 106 valence electrons. The van der Waals surface area contributed by atoms with Crippen LogP contribution in [0, 0.1) is 0 Å². The minimum atomic E-state index is -0.201. The second-order valence-corrected chi connectivity index (χ2v) is 5.27. The molecule has 0 aliphatic carbocycles. The van der Waals surface area contributed by atoms with Gasteiger partial charge >= 0.3 is 0 Å². The molecule has 1 aromatic heterocycles. The lowest BCUT2D eigenvalue weighted by Gasteiger charge is -2.19. The van der Waals surface area contributed by atoms with Crippen molar-refractivity contribution in [3.8, 4) is 0 Å². The Balaban J connectivity index is 2.45. The number of hydrogen-bond donors (Lipinski definition) is 2. The third kappa shape index (κ3) is 5.00. The summed E-state index contributed by atoms with van der Waals surface area (Å²) in [6.07, 6.45) is 1.29. The smallest absolute Gasteiger partial charge is 0.264 e. The van der Waals surface area contributed by atoms with Gasteiger partial charge in [0.25, 0.3) is 5.91 Å². The Bertz CT molecular complexity index is 406. The first-order valence-corrected chi connectivity index (χ1v) is 7.15. The molecule has 0 fully saturated rings. The van der Waals surface area contributed by atoms with E-state index < -0.39 is 0 Å². The van der Waals surface area contributed by atoms with Crippen molar-refractivity contribution < 1.29 is 14.7 Å². The van der Waals surface area contributed by atoms with E-state index in [-0.39, 0.29) is 31.0 Å².